The molecule has 25 heavy (non-hydrogen) atoms. The molecule has 3 rings (SSSR count). The van der Waals surface area contributed by atoms with Gasteiger partial charge in [-0.1, -0.05) is 35.5 Å². The summed E-state index contributed by atoms with van der Waals surface area (Å²) >= 11 is 0. The summed E-state index contributed by atoms with van der Waals surface area (Å²) in [7, 11) is 0. The summed E-state index contributed by atoms with van der Waals surface area (Å²) in [5.41, 5.74) is 0.670. The number of benzene rings is 1. The number of carbonyl (C=O) groups is 1. The van der Waals surface area contributed by atoms with Crippen LogP contribution in [0.5, 0.6) is 0 Å². The molecule has 0 aliphatic carbocycles. The highest BCUT2D eigenvalue weighted by Gasteiger charge is 2.41. The zero-order valence-corrected chi connectivity index (χ0v) is 14.6. The van der Waals surface area contributed by atoms with E-state index >= 15 is 0 Å². The molecule has 1 fully saturated rings. The molecule has 2 heterocycles. The second-order valence-electron chi connectivity index (χ2n) is 6.70. The lowest BCUT2D eigenvalue weighted by molar-refractivity contribution is -0.156. The van der Waals surface area contributed by atoms with E-state index in [4.69, 9.17) is 4.52 Å². The summed E-state index contributed by atoms with van der Waals surface area (Å²) in [6, 6.07) is 11.9. The largest absolute Gasteiger partial charge is 0.379 e. The van der Waals surface area contributed by atoms with Crippen LogP contribution >= 0.6 is 0 Å². The molecule has 0 spiro atoms. The summed E-state index contributed by atoms with van der Waals surface area (Å²) in [6.07, 6.45) is 2.09. The van der Waals surface area contributed by atoms with Gasteiger partial charge in [-0.15, -0.1) is 0 Å². The summed E-state index contributed by atoms with van der Waals surface area (Å²) in [4.78, 5) is 14.5. The quantitative estimate of drug-likeness (QED) is 0.799. The maximum Gasteiger partial charge on any atom is 0.255 e. The molecular weight excluding hydrogens is 318 g/mol. The summed E-state index contributed by atoms with van der Waals surface area (Å²) in [5.74, 6) is 0.515. The fraction of sp³-hybridized carbons (Fsp3) is 0.474. The van der Waals surface area contributed by atoms with Crippen LogP contribution < -0.4 is 5.32 Å². The average molecular weight is 343 g/mol. The number of hydrogen-bond acceptors (Lipinski definition) is 5. The molecule has 2 N–H and O–H groups in total. The third-order valence-electron chi connectivity index (χ3n) is 4.61. The van der Waals surface area contributed by atoms with Crippen LogP contribution in [0.3, 0.4) is 0 Å². The second kappa shape index (κ2) is 7.80. The first kappa shape index (κ1) is 17.6. The maximum absolute atomic E-state index is 12.7. The van der Waals surface area contributed by atoms with Gasteiger partial charge in [-0.25, -0.2) is 0 Å². The first-order valence-corrected chi connectivity index (χ1v) is 8.75. The average Bonchev–Trinajstić information content (AvgIpc) is 3.03. The molecule has 134 valence electrons. The fourth-order valence-electron chi connectivity index (χ4n) is 3.24. The van der Waals surface area contributed by atoms with Crippen molar-refractivity contribution in [3.05, 3.63) is 53.4 Å². The van der Waals surface area contributed by atoms with Crippen molar-refractivity contribution in [3.8, 4) is 0 Å². The monoisotopic (exact) mass is 343 g/mol. The van der Waals surface area contributed by atoms with Crippen molar-refractivity contribution in [1.29, 1.82) is 0 Å². The Morgan fingerprint density at radius 1 is 1.36 bits per heavy atom. The topological polar surface area (TPSA) is 78.6 Å². The summed E-state index contributed by atoms with van der Waals surface area (Å²) in [5, 5.41) is 17.7. The zero-order chi connectivity index (χ0) is 17.7. The van der Waals surface area contributed by atoms with Crippen LogP contribution in [-0.2, 0) is 17.8 Å². The Labute approximate surface area is 147 Å². The fourth-order valence-corrected chi connectivity index (χ4v) is 3.24. The third kappa shape index (κ3) is 4.46. The lowest BCUT2D eigenvalue weighted by Crippen LogP contribution is -2.58. The first-order chi connectivity index (χ1) is 12.1. The van der Waals surface area contributed by atoms with Gasteiger partial charge >= 0.3 is 0 Å². The number of carbonyl (C=O) groups excluding carboxylic acids is 1. The van der Waals surface area contributed by atoms with E-state index in [2.05, 4.69) is 22.6 Å². The number of rotatable bonds is 7. The highest BCUT2D eigenvalue weighted by Crippen LogP contribution is 2.22. The first-order valence-electron chi connectivity index (χ1n) is 8.75. The number of nitrogens with zero attached hydrogens (tertiary/aromatic N) is 2. The van der Waals surface area contributed by atoms with Crippen molar-refractivity contribution >= 4 is 5.91 Å². The minimum Gasteiger partial charge on any atom is -0.379 e. The standard InChI is InChI=1S/C19H25N3O3/c1-15-12-17(25-21-15)13-20-14-19(24)9-5-10-22(18(19)23)11-8-16-6-3-2-4-7-16/h2-4,6-7,12,20,24H,5,8-11,13-14H2,1H3/t19-/m1/s1. The molecule has 1 aromatic carbocycles. The number of aryl methyl sites for hydroxylation is 1. The van der Waals surface area contributed by atoms with Gasteiger partial charge in [0.25, 0.3) is 5.91 Å². The lowest BCUT2D eigenvalue weighted by atomic mass is 9.91. The molecule has 6 heteroatoms. The molecular formula is C19H25N3O3. The van der Waals surface area contributed by atoms with E-state index in [1.165, 1.54) is 5.56 Å². The van der Waals surface area contributed by atoms with E-state index in [1.807, 2.05) is 31.2 Å². The van der Waals surface area contributed by atoms with Gasteiger partial charge in [0.15, 0.2) is 11.4 Å². The number of piperidine rings is 1. The molecule has 1 saturated heterocycles. The van der Waals surface area contributed by atoms with Gasteiger partial charge < -0.3 is 19.8 Å². The molecule has 1 aliphatic heterocycles. The Morgan fingerprint density at radius 3 is 2.88 bits per heavy atom. The molecule has 1 aliphatic rings. The summed E-state index contributed by atoms with van der Waals surface area (Å²) < 4.78 is 5.13. The third-order valence-corrected chi connectivity index (χ3v) is 4.61. The molecule has 0 unspecified atom stereocenters. The van der Waals surface area contributed by atoms with Gasteiger partial charge in [-0.2, -0.15) is 0 Å². The Morgan fingerprint density at radius 2 is 2.16 bits per heavy atom. The molecule has 0 radical (unpaired) electrons. The highest BCUT2D eigenvalue weighted by atomic mass is 16.5. The number of likely N-dealkylation sites (tertiary alicyclic amines) is 1. The molecule has 2 aromatic rings. The van der Waals surface area contributed by atoms with E-state index in [1.54, 1.807) is 4.90 Å². The Balaban J connectivity index is 1.52. The van der Waals surface area contributed by atoms with Crippen LogP contribution in [0.15, 0.2) is 40.9 Å². The van der Waals surface area contributed by atoms with E-state index < -0.39 is 5.60 Å². The highest BCUT2D eigenvalue weighted by molar-refractivity contribution is 5.86. The van der Waals surface area contributed by atoms with Crippen molar-refractivity contribution < 1.29 is 14.4 Å². The van der Waals surface area contributed by atoms with E-state index in [9.17, 15) is 9.90 Å². The lowest BCUT2D eigenvalue weighted by Gasteiger charge is -2.38. The predicted octanol–water partition coefficient (Wildman–Crippen LogP) is 1.67. The zero-order valence-electron chi connectivity index (χ0n) is 14.6. The predicted molar refractivity (Wildman–Crippen MR) is 93.9 cm³/mol. The maximum atomic E-state index is 12.7. The van der Waals surface area contributed by atoms with E-state index in [-0.39, 0.29) is 12.5 Å². The van der Waals surface area contributed by atoms with Crippen molar-refractivity contribution in [2.75, 3.05) is 19.6 Å². The minimum absolute atomic E-state index is 0.184. The van der Waals surface area contributed by atoms with Gasteiger partial charge in [0, 0.05) is 25.7 Å². The van der Waals surface area contributed by atoms with Crippen LogP contribution in [0.1, 0.15) is 29.9 Å². The van der Waals surface area contributed by atoms with Gasteiger partial charge in [0.1, 0.15) is 0 Å². The van der Waals surface area contributed by atoms with Crippen molar-refractivity contribution in [2.24, 2.45) is 0 Å². The van der Waals surface area contributed by atoms with Crippen LogP contribution in [0.2, 0.25) is 0 Å². The van der Waals surface area contributed by atoms with Gasteiger partial charge in [0.05, 0.1) is 12.2 Å². The van der Waals surface area contributed by atoms with Crippen molar-refractivity contribution in [2.45, 2.75) is 38.3 Å². The van der Waals surface area contributed by atoms with Crippen LogP contribution in [0.25, 0.3) is 0 Å². The minimum atomic E-state index is -1.34. The van der Waals surface area contributed by atoms with Crippen LogP contribution in [-0.4, -0.2) is 46.3 Å². The smallest absolute Gasteiger partial charge is 0.255 e. The van der Waals surface area contributed by atoms with Crippen LogP contribution in [0, 0.1) is 6.92 Å². The van der Waals surface area contributed by atoms with Gasteiger partial charge in [0.2, 0.25) is 0 Å². The number of aromatic nitrogens is 1. The molecule has 1 aromatic heterocycles. The van der Waals surface area contributed by atoms with E-state index in [0.717, 1.165) is 18.5 Å². The van der Waals surface area contributed by atoms with E-state index in [0.29, 0.717) is 31.8 Å². The number of aliphatic hydroxyl groups is 1. The Hall–Kier alpha value is -2.18. The normalized spacial score (nSPS) is 20.9. The number of amides is 1. The molecule has 1 amide bonds. The van der Waals surface area contributed by atoms with Crippen LogP contribution in [0.4, 0.5) is 0 Å². The summed E-state index contributed by atoms with van der Waals surface area (Å²) in [6.45, 7) is 3.85. The van der Waals surface area contributed by atoms with Gasteiger partial charge in [-0.3, -0.25) is 4.79 Å². The molecule has 0 bridgehead atoms. The molecule has 6 nitrogen and oxygen atoms in total. The number of hydrogen-bond donors (Lipinski definition) is 2. The van der Waals surface area contributed by atoms with Crippen molar-refractivity contribution in [3.63, 3.8) is 0 Å². The van der Waals surface area contributed by atoms with Crippen molar-refractivity contribution in [1.82, 2.24) is 15.4 Å². The SMILES string of the molecule is Cc1cc(CNC[C@]2(O)CCCN(CCc3ccccc3)C2=O)on1. The molecule has 1 atom stereocenters. The Bertz CT molecular complexity index is 701. The Kier molecular flexibility index (Phi) is 5.50. The molecule has 0 saturated carbocycles. The second-order valence-corrected chi connectivity index (χ2v) is 6.70. The van der Waals surface area contributed by atoms with Gasteiger partial charge in [-0.05, 0) is 31.7 Å². The number of nitrogens with one attached hydrogen (secondary N) is 1.